The average Bonchev–Trinajstić information content (AvgIpc) is 2.71. The van der Waals surface area contributed by atoms with Gasteiger partial charge in [0.15, 0.2) is 4.80 Å². The van der Waals surface area contributed by atoms with E-state index in [1.807, 2.05) is 0 Å². The summed E-state index contributed by atoms with van der Waals surface area (Å²) in [6.07, 6.45) is 0. The number of methoxy groups -OCH3 is 1. The monoisotopic (exact) mass is 413 g/mol. The maximum absolute atomic E-state index is 13.2. The molecule has 0 radical (unpaired) electrons. The van der Waals surface area contributed by atoms with Crippen LogP contribution in [0.1, 0.15) is 25.6 Å². The molecule has 1 heterocycles. The molecule has 0 spiro atoms. The minimum Gasteiger partial charge on any atom is -0.545 e. The molecule has 29 heavy (non-hydrogen) atoms. The summed E-state index contributed by atoms with van der Waals surface area (Å²) in [5, 5.41) is 10.9. The molecular weight excluding hydrogens is 399 g/mol. The molecule has 0 saturated carbocycles. The summed E-state index contributed by atoms with van der Waals surface area (Å²) in [7, 11) is 1.20. The molecule has 0 fully saturated rings. The zero-order valence-corrected chi connectivity index (χ0v) is 15.9. The molecule has 0 aliphatic rings. The van der Waals surface area contributed by atoms with E-state index in [1.54, 1.807) is 12.1 Å². The zero-order valence-electron chi connectivity index (χ0n) is 15.1. The third-order valence-corrected chi connectivity index (χ3v) is 4.92. The number of carboxylic acid groups (broad SMARTS) is 1. The molecule has 9 heteroatoms. The predicted octanol–water partition coefficient (Wildman–Crippen LogP) is 1.48. The Kier molecular flexibility index (Phi) is 5.99. The van der Waals surface area contributed by atoms with Gasteiger partial charge in [0, 0.05) is 6.07 Å². The van der Waals surface area contributed by atoms with Crippen molar-refractivity contribution in [3.8, 4) is 0 Å². The van der Waals surface area contributed by atoms with Crippen LogP contribution in [0.3, 0.4) is 0 Å². The molecular formula is C20H14FN2O5S-. The Morgan fingerprint density at radius 3 is 2.38 bits per heavy atom. The Labute approximate surface area is 168 Å². The highest BCUT2D eigenvalue weighted by atomic mass is 32.1. The van der Waals surface area contributed by atoms with Crippen molar-refractivity contribution >= 4 is 29.0 Å². The van der Waals surface area contributed by atoms with Crippen LogP contribution in [-0.4, -0.2) is 23.6 Å². The fraction of sp³-hybridized carbons (Fsp3) is 0.100. The van der Waals surface area contributed by atoms with Gasteiger partial charge in [-0.05, 0) is 35.4 Å². The topological polar surface area (TPSA) is 101 Å². The molecule has 148 valence electrons. The van der Waals surface area contributed by atoms with Gasteiger partial charge in [0.1, 0.15) is 10.7 Å². The highest BCUT2D eigenvalue weighted by Crippen LogP contribution is 2.13. The quantitative estimate of drug-likeness (QED) is 0.590. The van der Waals surface area contributed by atoms with Gasteiger partial charge >= 0.3 is 5.97 Å². The van der Waals surface area contributed by atoms with Gasteiger partial charge in [0.2, 0.25) is 0 Å². The van der Waals surface area contributed by atoms with E-state index >= 15 is 0 Å². The Balaban J connectivity index is 2.13. The van der Waals surface area contributed by atoms with E-state index in [0.29, 0.717) is 11.3 Å². The van der Waals surface area contributed by atoms with Crippen LogP contribution in [0.25, 0.3) is 0 Å². The number of rotatable bonds is 5. The Morgan fingerprint density at radius 2 is 1.79 bits per heavy atom. The predicted molar refractivity (Wildman–Crippen MR) is 101 cm³/mol. The zero-order chi connectivity index (χ0) is 21.0. The largest absolute Gasteiger partial charge is 0.545 e. The number of esters is 1. The summed E-state index contributed by atoms with van der Waals surface area (Å²) in [5.74, 6) is -2.40. The average molecular weight is 413 g/mol. The molecule has 0 N–H and O–H groups in total. The lowest BCUT2D eigenvalue weighted by Crippen LogP contribution is -2.33. The third kappa shape index (κ3) is 4.82. The molecule has 1 aromatic heterocycles. The molecule has 7 nitrogen and oxygen atoms in total. The molecule has 0 aliphatic carbocycles. The maximum Gasteiger partial charge on any atom is 0.348 e. The van der Waals surface area contributed by atoms with Crippen LogP contribution in [0.2, 0.25) is 0 Å². The molecule has 0 saturated heterocycles. The number of carbonyl (C=O) groups excluding carboxylic acids is 2. The first-order chi connectivity index (χ1) is 13.9. The van der Waals surface area contributed by atoms with Crippen molar-refractivity contribution in [2.24, 2.45) is 4.99 Å². The second-order valence-electron chi connectivity index (χ2n) is 5.88. The fourth-order valence-corrected chi connectivity index (χ4v) is 3.39. The second kappa shape index (κ2) is 8.61. The Hall–Kier alpha value is -3.59. The lowest BCUT2D eigenvalue weighted by atomic mass is 10.2. The van der Waals surface area contributed by atoms with Crippen molar-refractivity contribution in [3.05, 3.63) is 91.6 Å². The van der Waals surface area contributed by atoms with Gasteiger partial charge in [-0.1, -0.05) is 35.6 Å². The minimum absolute atomic E-state index is 0.0142. The van der Waals surface area contributed by atoms with Gasteiger partial charge < -0.3 is 14.6 Å². The van der Waals surface area contributed by atoms with E-state index in [1.165, 1.54) is 48.1 Å². The maximum atomic E-state index is 13.2. The first-order valence-corrected chi connectivity index (χ1v) is 9.13. The highest BCUT2D eigenvalue weighted by Gasteiger charge is 2.12. The first kappa shape index (κ1) is 20.2. The normalized spacial score (nSPS) is 11.3. The summed E-state index contributed by atoms with van der Waals surface area (Å²) in [6.45, 7) is 0.104. The number of carbonyl (C=O) groups is 2. The number of aromatic carboxylic acids is 1. The van der Waals surface area contributed by atoms with Gasteiger partial charge in [-0.3, -0.25) is 9.36 Å². The van der Waals surface area contributed by atoms with Crippen LogP contribution >= 0.6 is 11.3 Å². The molecule has 0 amide bonds. The van der Waals surface area contributed by atoms with E-state index in [-0.39, 0.29) is 21.8 Å². The van der Waals surface area contributed by atoms with Crippen molar-refractivity contribution in [3.63, 3.8) is 0 Å². The standard InChI is InChI=1S/C20H15FN2O5S/c1-28-19(27)16-10-17(24)23(11-12-2-6-14(21)7-3-12)20(29-16)22-15-8-4-13(5-9-15)18(25)26/h2-10H,11H2,1H3,(H,25,26)/p-1. The van der Waals surface area contributed by atoms with Crippen molar-refractivity contribution in [2.75, 3.05) is 7.11 Å². The first-order valence-electron chi connectivity index (χ1n) is 8.31. The molecule has 0 unspecified atom stereocenters. The van der Waals surface area contributed by atoms with Crippen LogP contribution in [0.4, 0.5) is 10.1 Å². The van der Waals surface area contributed by atoms with Crippen molar-refractivity contribution < 1.29 is 23.8 Å². The van der Waals surface area contributed by atoms with Gasteiger partial charge in [-0.2, -0.15) is 0 Å². The third-order valence-electron chi connectivity index (χ3n) is 3.92. The molecule has 0 bridgehead atoms. The van der Waals surface area contributed by atoms with E-state index in [2.05, 4.69) is 9.73 Å². The second-order valence-corrected chi connectivity index (χ2v) is 6.89. The van der Waals surface area contributed by atoms with Crippen LogP contribution in [0.5, 0.6) is 0 Å². The molecule has 0 aliphatic heterocycles. The Morgan fingerprint density at radius 1 is 1.14 bits per heavy atom. The number of ether oxygens (including phenoxy) is 1. The number of carboxylic acids is 1. The fourth-order valence-electron chi connectivity index (χ4n) is 2.45. The molecule has 3 aromatic rings. The van der Waals surface area contributed by atoms with E-state index in [9.17, 15) is 23.9 Å². The lowest BCUT2D eigenvalue weighted by Gasteiger charge is -2.08. The molecule has 2 aromatic carbocycles. The number of aromatic nitrogens is 1. The number of nitrogens with zero attached hydrogens (tertiary/aromatic N) is 2. The summed E-state index contributed by atoms with van der Waals surface area (Å²) in [6, 6.07) is 12.3. The molecule has 0 atom stereocenters. The number of halogens is 1. The Bertz CT molecular complexity index is 1180. The van der Waals surface area contributed by atoms with Crippen LogP contribution in [0.15, 0.2) is 64.4 Å². The van der Waals surface area contributed by atoms with Crippen molar-refractivity contribution in [1.82, 2.24) is 4.57 Å². The van der Waals surface area contributed by atoms with E-state index in [4.69, 9.17) is 0 Å². The summed E-state index contributed by atoms with van der Waals surface area (Å²) in [5.41, 5.74) is 0.536. The minimum atomic E-state index is -1.32. The van der Waals surface area contributed by atoms with E-state index < -0.39 is 23.3 Å². The SMILES string of the molecule is COC(=O)c1cc(=O)n(Cc2ccc(F)cc2)c(=Nc2ccc(C(=O)[O-])cc2)s1. The smallest absolute Gasteiger partial charge is 0.348 e. The summed E-state index contributed by atoms with van der Waals surface area (Å²) in [4.78, 5) is 40.0. The lowest BCUT2D eigenvalue weighted by molar-refractivity contribution is -0.255. The van der Waals surface area contributed by atoms with Gasteiger partial charge in [0.05, 0.1) is 25.3 Å². The summed E-state index contributed by atoms with van der Waals surface area (Å²) < 4.78 is 19.2. The van der Waals surface area contributed by atoms with Gasteiger partial charge in [-0.25, -0.2) is 14.2 Å². The van der Waals surface area contributed by atoms with Crippen LogP contribution in [-0.2, 0) is 11.3 Å². The van der Waals surface area contributed by atoms with Crippen molar-refractivity contribution in [2.45, 2.75) is 6.54 Å². The van der Waals surface area contributed by atoms with Gasteiger partial charge in [0.25, 0.3) is 5.56 Å². The summed E-state index contributed by atoms with van der Waals surface area (Å²) >= 11 is 0.943. The number of hydrogen-bond donors (Lipinski definition) is 0. The van der Waals surface area contributed by atoms with Crippen molar-refractivity contribution in [1.29, 1.82) is 0 Å². The van der Waals surface area contributed by atoms with Crippen LogP contribution in [0, 0.1) is 5.82 Å². The number of benzene rings is 2. The van der Waals surface area contributed by atoms with E-state index in [0.717, 1.165) is 17.4 Å². The highest BCUT2D eigenvalue weighted by molar-refractivity contribution is 7.11. The van der Waals surface area contributed by atoms with Crippen LogP contribution < -0.4 is 15.5 Å². The number of hydrogen-bond acceptors (Lipinski definition) is 7. The molecule has 3 rings (SSSR count). The van der Waals surface area contributed by atoms with Gasteiger partial charge in [-0.15, -0.1) is 0 Å².